The van der Waals surface area contributed by atoms with E-state index in [9.17, 15) is 0 Å². The molecule has 4 heterocycles. The Bertz CT molecular complexity index is 498. The monoisotopic (exact) mass is 492 g/mol. The molecule has 0 aromatic rings. The van der Waals surface area contributed by atoms with Crippen LogP contribution < -0.4 is 5.32 Å². The van der Waals surface area contributed by atoms with E-state index in [0.717, 1.165) is 71.4 Å². The maximum absolute atomic E-state index is 5.70. The van der Waals surface area contributed by atoms with Crippen LogP contribution in [0.5, 0.6) is 0 Å². The zero-order chi connectivity index (χ0) is 17.9. The van der Waals surface area contributed by atoms with Gasteiger partial charge in [-0.3, -0.25) is 9.89 Å². The minimum Gasteiger partial charge on any atom is -0.381 e. The molecule has 4 fully saturated rings. The molecule has 0 aromatic heterocycles. The van der Waals surface area contributed by atoms with Gasteiger partial charge in [0.1, 0.15) is 0 Å². The zero-order valence-corrected chi connectivity index (χ0v) is 19.2. The number of nitrogens with one attached hydrogen (secondary N) is 1. The lowest BCUT2D eigenvalue weighted by Crippen LogP contribution is -2.54. The molecule has 1 atom stereocenters. The Labute approximate surface area is 181 Å². The molecule has 0 saturated carbocycles. The first-order valence-corrected chi connectivity index (χ1v) is 10.7. The molecule has 4 aliphatic heterocycles. The molecular formula is C20H37IN4O2. The minimum atomic E-state index is 0. The number of nitrogens with zero attached hydrogens (tertiary/aromatic N) is 3. The second-order valence-electron chi connectivity index (χ2n) is 8.68. The highest BCUT2D eigenvalue weighted by molar-refractivity contribution is 14.0. The van der Waals surface area contributed by atoms with Crippen molar-refractivity contribution in [2.75, 3.05) is 65.7 Å². The average molecular weight is 492 g/mol. The van der Waals surface area contributed by atoms with E-state index in [1.54, 1.807) is 0 Å². The lowest BCUT2D eigenvalue weighted by atomic mass is 9.87. The number of hydrogen-bond donors (Lipinski definition) is 1. The SMILES string of the molecule is CCNC(=NCC1(N2CCCC2)CCOCC1)N1CCC2(CCOC2)C1.I. The van der Waals surface area contributed by atoms with E-state index in [0.29, 0.717) is 5.41 Å². The van der Waals surface area contributed by atoms with Gasteiger partial charge in [-0.05, 0) is 58.5 Å². The lowest BCUT2D eigenvalue weighted by Gasteiger charge is -2.44. The Morgan fingerprint density at radius 1 is 1.00 bits per heavy atom. The molecule has 1 unspecified atom stereocenters. The van der Waals surface area contributed by atoms with E-state index in [-0.39, 0.29) is 29.5 Å². The fourth-order valence-electron chi connectivity index (χ4n) is 5.25. The van der Waals surface area contributed by atoms with Crippen molar-refractivity contribution in [1.29, 1.82) is 0 Å². The van der Waals surface area contributed by atoms with Gasteiger partial charge in [0.2, 0.25) is 0 Å². The second kappa shape index (κ2) is 9.59. The molecule has 4 saturated heterocycles. The maximum atomic E-state index is 5.70. The molecule has 0 amide bonds. The number of likely N-dealkylation sites (tertiary alicyclic amines) is 2. The summed E-state index contributed by atoms with van der Waals surface area (Å²) in [6.45, 7) is 12.3. The van der Waals surface area contributed by atoms with Crippen LogP contribution in [0.4, 0.5) is 0 Å². The van der Waals surface area contributed by atoms with Crippen molar-refractivity contribution in [3.63, 3.8) is 0 Å². The van der Waals surface area contributed by atoms with Crippen LogP contribution in [0.3, 0.4) is 0 Å². The zero-order valence-electron chi connectivity index (χ0n) is 16.9. The Morgan fingerprint density at radius 2 is 1.74 bits per heavy atom. The fourth-order valence-corrected chi connectivity index (χ4v) is 5.25. The van der Waals surface area contributed by atoms with Crippen LogP contribution in [-0.4, -0.2) is 87.0 Å². The van der Waals surface area contributed by atoms with Gasteiger partial charge in [-0.2, -0.15) is 0 Å². The predicted octanol–water partition coefficient (Wildman–Crippen LogP) is 2.33. The molecule has 0 bridgehead atoms. The summed E-state index contributed by atoms with van der Waals surface area (Å²) in [7, 11) is 0. The summed E-state index contributed by atoms with van der Waals surface area (Å²) >= 11 is 0. The smallest absolute Gasteiger partial charge is 0.194 e. The molecule has 7 heteroatoms. The number of aliphatic imine (C=N–C) groups is 1. The van der Waals surface area contributed by atoms with Gasteiger partial charge in [-0.15, -0.1) is 24.0 Å². The summed E-state index contributed by atoms with van der Waals surface area (Å²) in [5, 5.41) is 3.56. The second-order valence-corrected chi connectivity index (χ2v) is 8.68. The first-order chi connectivity index (χ1) is 12.8. The molecule has 4 aliphatic rings. The molecule has 0 aromatic carbocycles. The Morgan fingerprint density at radius 3 is 2.41 bits per heavy atom. The largest absolute Gasteiger partial charge is 0.381 e. The van der Waals surface area contributed by atoms with Crippen molar-refractivity contribution >= 4 is 29.9 Å². The van der Waals surface area contributed by atoms with E-state index in [1.165, 1.54) is 38.8 Å². The quantitative estimate of drug-likeness (QED) is 0.371. The van der Waals surface area contributed by atoms with Gasteiger partial charge in [-0.1, -0.05) is 0 Å². The number of rotatable bonds is 4. The number of ether oxygens (including phenoxy) is 2. The highest BCUT2D eigenvalue weighted by atomic mass is 127. The third-order valence-electron chi connectivity index (χ3n) is 6.98. The van der Waals surface area contributed by atoms with Crippen molar-refractivity contribution in [3.8, 4) is 0 Å². The van der Waals surface area contributed by atoms with E-state index in [2.05, 4.69) is 22.0 Å². The van der Waals surface area contributed by atoms with E-state index in [4.69, 9.17) is 14.5 Å². The average Bonchev–Trinajstić information content (AvgIpc) is 3.43. The van der Waals surface area contributed by atoms with Crippen molar-refractivity contribution in [2.45, 2.75) is 51.0 Å². The Kier molecular flexibility index (Phi) is 7.66. The van der Waals surface area contributed by atoms with Gasteiger partial charge >= 0.3 is 0 Å². The van der Waals surface area contributed by atoms with E-state index in [1.807, 2.05) is 0 Å². The van der Waals surface area contributed by atoms with Gasteiger partial charge in [0, 0.05) is 50.4 Å². The third kappa shape index (κ3) is 4.73. The summed E-state index contributed by atoms with van der Waals surface area (Å²) < 4.78 is 11.4. The van der Waals surface area contributed by atoms with Crippen LogP contribution in [0.15, 0.2) is 4.99 Å². The van der Waals surface area contributed by atoms with E-state index < -0.39 is 0 Å². The molecule has 4 rings (SSSR count). The maximum Gasteiger partial charge on any atom is 0.194 e. The molecule has 1 N–H and O–H groups in total. The third-order valence-corrected chi connectivity index (χ3v) is 6.98. The number of guanidine groups is 1. The molecule has 1 spiro atoms. The summed E-state index contributed by atoms with van der Waals surface area (Å²) in [6.07, 6.45) is 7.35. The van der Waals surface area contributed by atoms with Crippen molar-refractivity contribution in [3.05, 3.63) is 0 Å². The fraction of sp³-hybridized carbons (Fsp3) is 0.950. The lowest BCUT2D eigenvalue weighted by molar-refractivity contribution is -0.0139. The van der Waals surface area contributed by atoms with Gasteiger partial charge in [0.15, 0.2) is 5.96 Å². The first kappa shape index (κ1) is 21.6. The highest BCUT2D eigenvalue weighted by Crippen LogP contribution is 2.38. The van der Waals surface area contributed by atoms with Gasteiger partial charge in [-0.25, -0.2) is 0 Å². The van der Waals surface area contributed by atoms with Crippen LogP contribution in [0.25, 0.3) is 0 Å². The molecule has 27 heavy (non-hydrogen) atoms. The van der Waals surface area contributed by atoms with Crippen LogP contribution in [0.1, 0.15) is 45.4 Å². The van der Waals surface area contributed by atoms with Crippen LogP contribution >= 0.6 is 24.0 Å². The Hall–Kier alpha value is -0.120. The van der Waals surface area contributed by atoms with Crippen molar-refractivity contribution < 1.29 is 9.47 Å². The summed E-state index contributed by atoms with van der Waals surface area (Å²) in [5.74, 6) is 1.11. The standard InChI is InChI=1S/C20H36N4O2.HI/c1-2-21-18(23-11-5-19(16-23)6-12-26-17-19)22-15-20(7-13-25-14-8-20)24-9-3-4-10-24;/h2-17H2,1H3,(H,21,22);1H. The van der Waals surface area contributed by atoms with Crippen molar-refractivity contribution in [2.24, 2.45) is 10.4 Å². The molecule has 0 radical (unpaired) electrons. The van der Waals surface area contributed by atoms with Crippen LogP contribution in [0, 0.1) is 5.41 Å². The molecule has 156 valence electrons. The van der Waals surface area contributed by atoms with E-state index >= 15 is 0 Å². The highest BCUT2D eigenvalue weighted by Gasteiger charge is 2.43. The van der Waals surface area contributed by atoms with Crippen LogP contribution in [-0.2, 0) is 9.47 Å². The van der Waals surface area contributed by atoms with Crippen molar-refractivity contribution in [1.82, 2.24) is 15.1 Å². The number of halogens is 1. The summed E-state index contributed by atoms with van der Waals surface area (Å²) in [6, 6.07) is 0. The Balaban J connectivity index is 0.00000210. The van der Waals surface area contributed by atoms with Gasteiger partial charge in [0.25, 0.3) is 0 Å². The topological polar surface area (TPSA) is 49.3 Å². The predicted molar refractivity (Wildman–Crippen MR) is 119 cm³/mol. The first-order valence-electron chi connectivity index (χ1n) is 10.7. The van der Waals surface area contributed by atoms with Gasteiger partial charge < -0.3 is 19.7 Å². The number of hydrogen-bond acceptors (Lipinski definition) is 4. The molecule has 0 aliphatic carbocycles. The normalized spacial score (nSPS) is 31.4. The summed E-state index contributed by atoms with van der Waals surface area (Å²) in [5.41, 5.74) is 0.588. The van der Waals surface area contributed by atoms with Gasteiger partial charge in [0.05, 0.1) is 13.2 Å². The summed E-state index contributed by atoms with van der Waals surface area (Å²) in [4.78, 5) is 10.4. The molecular weight excluding hydrogens is 455 g/mol. The minimum absolute atomic E-state index is 0. The molecule has 6 nitrogen and oxygen atoms in total. The van der Waals surface area contributed by atoms with Crippen LogP contribution in [0.2, 0.25) is 0 Å².